The van der Waals surface area contributed by atoms with Gasteiger partial charge in [0.15, 0.2) is 9.92 Å². The summed E-state index contributed by atoms with van der Waals surface area (Å²) in [6, 6.07) is 9.55. The molecule has 0 fully saturated rings. The number of carbonyl (C=O) groups excluding carboxylic acids is 1. The van der Waals surface area contributed by atoms with E-state index < -0.39 is 21.5 Å². The summed E-state index contributed by atoms with van der Waals surface area (Å²) in [6.07, 6.45) is 4.19. The summed E-state index contributed by atoms with van der Waals surface area (Å²) >= 11 is 0.981. The van der Waals surface area contributed by atoms with Crippen LogP contribution in [0.25, 0.3) is 11.1 Å². The first-order valence-electron chi connectivity index (χ1n) is 10.7. The molecule has 0 aliphatic heterocycles. The molecule has 1 unspecified atom stereocenters. The van der Waals surface area contributed by atoms with E-state index in [2.05, 4.69) is 46.7 Å². The predicted octanol–water partition coefficient (Wildman–Crippen LogP) is 5.08. The van der Waals surface area contributed by atoms with Crippen LogP contribution in [-0.4, -0.2) is 20.3 Å². The van der Waals surface area contributed by atoms with E-state index in [1.165, 1.54) is 28.5 Å². The molecule has 2 amide bonds. The number of benzene rings is 2. The van der Waals surface area contributed by atoms with Gasteiger partial charge in [-0.05, 0) is 86.4 Å². The number of hydrogen-bond donors (Lipinski definition) is 3. The molecule has 2 aromatic carbocycles. The van der Waals surface area contributed by atoms with Crippen LogP contribution in [0.15, 0.2) is 45.2 Å². The van der Waals surface area contributed by atoms with Crippen LogP contribution in [0.5, 0.6) is 0 Å². The molecule has 33 heavy (non-hydrogen) atoms. The van der Waals surface area contributed by atoms with Gasteiger partial charge in [0.1, 0.15) is 0 Å². The van der Waals surface area contributed by atoms with Crippen LogP contribution in [0.3, 0.4) is 0 Å². The minimum Gasteiger partial charge on any atom is -0.385 e. The summed E-state index contributed by atoms with van der Waals surface area (Å²) in [5.41, 5.74) is 6.64. The molecule has 3 aromatic rings. The van der Waals surface area contributed by atoms with Crippen LogP contribution in [0.4, 0.5) is 10.5 Å². The fraction of sp³-hybridized carbons (Fsp3) is 0.333. The van der Waals surface area contributed by atoms with Crippen molar-refractivity contribution in [1.29, 1.82) is 0 Å². The number of nitrogens with zero attached hydrogens (tertiary/aromatic N) is 2. The van der Waals surface area contributed by atoms with Gasteiger partial charge in [0, 0.05) is 11.9 Å². The Labute approximate surface area is 198 Å². The van der Waals surface area contributed by atoms with Crippen LogP contribution in [-0.2, 0) is 28.4 Å². The van der Waals surface area contributed by atoms with Gasteiger partial charge >= 0.3 is 6.03 Å². The minimum absolute atomic E-state index is 0.00472. The van der Waals surface area contributed by atoms with Crippen molar-refractivity contribution in [2.24, 2.45) is 9.50 Å². The van der Waals surface area contributed by atoms with Gasteiger partial charge in [-0.1, -0.05) is 24.3 Å². The van der Waals surface area contributed by atoms with E-state index in [1.807, 2.05) is 12.1 Å². The number of fused-ring (bicyclic) bond motifs is 1. The number of hydrogen-bond acceptors (Lipinski definition) is 5. The number of nitrogens with two attached hydrogens (primary N) is 1. The smallest absolute Gasteiger partial charge is 0.354 e. The Balaban J connectivity index is 1.62. The maximum Gasteiger partial charge on any atom is 0.354 e. The number of amides is 2. The summed E-state index contributed by atoms with van der Waals surface area (Å²) in [4.78, 5) is 17.1. The largest absolute Gasteiger partial charge is 0.385 e. The molecule has 0 bridgehead atoms. The first-order chi connectivity index (χ1) is 15.5. The van der Waals surface area contributed by atoms with Crippen molar-refractivity contribution in [2.45, 2.75) is 56.9 Å². The number of carbonyl (C=O) groups is 1. The van der Waals surface area contributed by atoms with E-state index in [9.17, 15) is 14.1 Å². The Morgan fingerprint density at radius 1 is 1.18 bits per heavy atom. The van der Waals surface area contributed by atoms with Gasteiger partial charge in [0.2, 0.25) is 4.34 Å². The normalized spacial score (nSPS) is 15.1. The number of rotatable bonds is 4. The van der Waals surface area contributed by atoms with Crippen molar-refractivity contribution >= 4 is 33.0 Å². The van der Waals surface area contributed by atoms with Crippen LogP contribution in [0.2, 0.25) is 0 Å². The molecule has 0 radical (unpaired) electrons. The molecule has 4 rings (SSSR count). The molecule has 7 nitrogen and oxygen atoms in total. The molecule has 0 spiro atoms. The van der Waals surface area contributed by atoms with Crippen LogP contribution in [0, 0.1) is 13.8 Å². The van der Waals surface area contributed by atoms with Gasteiger partial charge in [-0.3, -0.25) is 0 Å². The molecule has 0 saturated heterocycles. The summed E-state index contributed by atoms with van der Waals surface area (Å²) < 4.78 is 16.6. The monoisotopic (exact) mass is 484 g/mol. The van der Waals surface area contributed by atoms with Crippen LogP contribution in [0.1, 0.15) is 47.4 Å². The van der Waals surface area contributed by atoms with Gasteiger partial charge in [0.25, 0.3) is 0 Å². The molecule has 1 atom stereocenters. The lowest BCUT2D eigenvalue weighted by Gasteiger charge is -2.14. The number of urea groups is 1. The zero-order valence-electron chi connectivity index (χ0n) is 19.1. The maximum atomic E-state index is 12.9. The molecule has 4 N–H and O–H groups in total. The highest BCUT2D eigenvalue weighted by atomic mass is 32.2. The SMILES string of the molecule is Cc1ccc(-c2ccc(NC(=O)N=S(N)(=O)c3ncc(C(C)(C)O)s3)c3c2CCC3)cc1C. The predicted molar refractivity (Wildman–Crippen MR) is 133 cm³/mol. The third-order valence-corrected chi connectivity index (χ3v) is 9.01. The van der Waals surface area contributed by atoms with E-state index in [0.717, 1.165) is 41.7 Å². The van der Waals surface area contributed by atoms with Crippen LogP contribution >= 0.6 is 11.3 Å². The lowest BCUT2D eigenvalue weighted by molar-refractivity contribution is 0.0823. The van der Waals surface area contributed by atoms with Gasteiger partial charge in [-0.2, -0.15) is 0 Å². The zero-order chi connectivity index (χ0) is 24.0. The van der Waals surface area contributed by atoms with Crippen molar-refractivity contribution in [1.82, 2.24) is 4.98 Å². The summed E-state index contributed by atoms with van der Waals surface area (Å²) in [5, 5.41) is 18.7. The molecule has 0 saturated carbocycles. The van der Waals surface area contributed by atoms with Crippen molar-refractivity contribution in [3.8, 4) is 11.1 Å². The number of aryl methyl sites for hydroxylation is 2. The third kappa shape index (κ3) is 4.86. The van der Waals surface area contributed by atoms with Gasteiger partial charge in [0.05, 0.1) is 10.5 Å². The van der Waals surface area contributed by atoms with Crippen molar-refractivity contribution < 1.29 is 14.1 Å². The van der Waals surface area contributed by atoms with Crippen LogP contribution < -0.4 is 10.5 Å². The fourth-order valence-electron chi connectivity index (χ4n) is 3.98. The summed E-state index contributed by atoms with van der Waals surface area (Å²) in [7, 11) is -3.53. The lowest BCUT2D eigenvalue weighted by Crippen LogP contribution is -2.18. The highest BCUT2D eigenvalue weighted by Gasteiger charge is 2.24. The van der Waals surface area contributed by atoms with E-state index in [-0.39, 0.29) is 4.34 Å². The minimum atomic E-state index is -3.53. The Morgan fingerprint density at radius 2 is 1.91 bits per heavy atom. The average molecular weight is 485 g/mol. The van der Waals surface area contributed by atoms with E-state index in [0.29, 0.717) is 10.6 Å². The molecule has 1 aromatic heterocycles. The molecule has 174 valence electrons. The second-order valence-electron chi connectivity index (χ2n) is 8.91. The van der Waals surface area contributed by atoms with Crippen molar-refractivity contribution in [2.75, 3.05) is 5.32 Å². The second kappa shape index (κ2) is 8.64. The second-order valence-corrected chi connectivity index (χ2v) is 11.9. The number of anilines is 1. The number of thiazole rings is 1. The molecule has 1 aliphatic rings. The molecule has 9 heteroatoms. The molecule has 1 heterocycles. The zero-order valence-corrected chi connectivity index (χ0v) is 20.8. The number of aromatic nitrogens is 1. The summed E-state index contributed by atoms with van der Waals surface area (Å²) in [6.45, 7) is 7.38. The maximum absolute atomic E-state index is 12.9. The fourth-order valence-corrected chi connectivity index (χ4v) is 6.06. The Bertz CT molecular complexity index is 1360. The molecular weight excluding hydrogens is 456 g/mol. The highest BCUT2D eigenvalue weighted by Crippen LogP contribution is 2.37. The summed E-state index contributed by atoms with van der Waals surface area (Å²) in [5.74, 6) is 0. The highest BCUT2D eigenvalue weighted by molar-refractivity contribution is 7.93. The molecular formula is C24H28N4O3S2. The number of nitrogens with one attached hydrogen (secondary N) is 1. The van der Waals surface area contributed by atoms with E-state index in [1.54, 1.807) is 13.8 Å². The standard InChI is InChI=1S/C24H28N4O3S2/c1-14-8-9-16(12-15(14)2)17-10-11-20(19-7-5-6-18(17)19)27-22(29)28-33(25,31)23-26-13-21(32-23)24(3,4)30/h8-13,30H,5-7H2,1-4H3,(H3,25,27,28,29,31). The van der Waals surface area contributed by atoms with E-state index in [4.69, 9.17) is 5.14 Å². The van der Waals surface area contributed by atoms with Crippen molar-refractivity contribution in [3.05, 3.63) is 63.7 Å². The Kier molecular flexibility index (Phi) is 6.17. The first kappa shape index (κ1) is 23.6. The topological polar surface area (TPSA) is 118 Å². The van der Waals surface area contributed by atoms with Gasteiger partial charge < -0.3 is 10.4 Å². The Morgan fingerprint density at radius 3 is 2.58 bits per heavy atom. The number of aliphatic hydroxyl groups is 1. The quantitative estimate of drug-likeness (QED) is 0.479. The van der Waals surface area contributed by atoms with Crippen molar-refractivity contribution in [3.63, 3.8) is 0 Å². The Hall–Kier alpha value is -2.59. The first-order valence-corrected chi connectivity index (χ1v) is 13.1. The average Bonchev–Trinajstić information content (AvgIpc) is 3.40. The van der Waals surface area contributed by atoms with Gasteiger partial charge in [-0.25, -0.2) is 19.1 Å². The third-order valence-electron chi connectivity index (χ3n) is 5.90. The molecule has 1 aliphatic carbocycles. The van der Waals surface area contributed by atoms with E-state index >= 15 is 0 Å². The lowest BCUT2D eigenvalue weighted by atomic mass is 9.94. The van der Waals surface area contributed by atoms with Gasteiger partial charge in [-0.15, -0.1) is 15.7 Å².